The first kappa shape index (κ1) is 14.9. The average molecular weight is 237 g/mol. The third-order valence-electron chi connectivity index (χ3n) is 1.64. The molecule has 0 aliphatic heterocycles. The molecule has 0 fully saturated rings. The first-order chi connectivity index (χ1) is 8.06. The van der Waals surface area contributed by atoms with Gasteiger partial charge in [0, 0.05) is 12.2 Å². The van der Waals surface area contributed by atoms with Crippen LogP contribution in [0.2, 0.25) is 0 Å². The fourth-order valence-corrected chi connectivity index (χ4v) is 0.954. The second kappa shape index (κ2) is 9.11. The van der Waals surface area contributed by atoms with Crippen LogP contribution in [0, 0.1) is 0 Å². The fourth-order valence-electron chi connectivity index (χ4n) is 0.954. The van der Waals surface area contributed by atoms with Crippen LogP contribution < -0.4 is 5.73 Å². The van der Waals surface area contributed by atoms with Crippen molar-refractivity contribution >= 4 is 11.9 Å². The maximum Gasteiger partial charge on any atom is 0.328 e. The summed E-state index contributed by atoms with van der Waals surface area (Å²) >= 11 is 0. The molecular formula is C12H15NO4. The lowest BCUT2D eigenvalue weighted by atomic mass is 10.2. The summed E-state index contributed by atoms with van der Waals surface area (Å²) in [6.45, 7) is 0.740. The first-order valence-corrected chi connectivity index (χ1v) is 4.94. The van der Waals surface area contributed by atoms with Crippen LogP contribution >= 0.6 is 0 Å². The molecule has 92 valence electrons. The van der Waals surface area contributed by atoms with Gasteiger partial charge in [-0.1, -0.05) is 30.3 Å². The Morgan fingerprint density at radius 2 is 1.53 bits per heavy atom. The Balaban J connectivity index is 0.000000304. The third kappa shape index (κ3) is 10.1. The summed E-state index contributed by atoms with van der Waals surface area (Å²) in [6, 6.07) is 10.3. The summed E-state index contributed by atoms with van der Waals surface area (Å²) in [4.78, 5) is 19.1. The molecule has 4 N–H and O–H groups in total. The quantitative estimate of drug-likeness (QED) is 0.675. The van der Waals surface area contributed by atoms with Crippen molar-refractivity contribution in [2.45, 2.75) is 6.42 Å². The van der Waals surface area contributed by atoms with Gasteiger partial charge in [-0.15, -0.1) is 0 Å². The number of carboxylic acids is 2. The molecule has 1 aromatic carbocycles. The van der Waals surface area contributed by atoms with Crippen molar-refractivity contribution in [3.8, 4) is 0 Å². The molecule has 1 aromatic rings. The fraction of sp³-hybridized carbons (Fsp3) is 0.167. The molecule has 0 heterocycles. The Morgan fingerprint density at radius 3 is 1.88 bits per heavy atom. The number of benzene rings is 1. The SMILES string of the molecule is NCCc1ccccc1.O=C(O)/C=C/C(=O)O. The van der Waals surface area contributed by atoms with Crippen LogP contribution in [-0.2, 0) is 16.0 Å². The molecule has 5 nitrogen and oxygen atoms in total. The van der Waals surface area contributed by atoms with Crippen molar-refractivity contribution in [3.63, 3.8) is 0 Å². The van der Waals surface area contributed by atoms with Crippen LogP contribution in [0.1, 0.15) is 5.56 Å². The highest BCUT2D eigenvalue weighted by atomic mass is 16.4. The lowest BCUT2D eigenvalue weighted by Crippen LogP contribution is -2.01. The number of hydrogen-bond acceptors (Lipinski definition) is 3. The van der Waals surface area contributed by atoms with E-state index in [0.717, 1.165) is 13.0 Å². The van der Waals surface area contributed by atoms with Crippen LogP contribution in [0.5, 0.6) is 0 Å². The standard InChI is InChI=1S/C8H11N.C4H4O4/c9-7-6-8-4-2-1-3-5-8;5-3(6)1-2-4(7)8/h1-5H,6-7,9H2;1-2H,(H,5,6)(H,7,8)/b;2-1+. The molecule has 0 spiro atoms. The van der Waals surface area contributed by atoms with Gasteiger partial charge in [0.1, 0.15) is 0 Å². The van der Waals surface area contributed by atoms with E-state index < -0.39 is 11.9 Å². The van der Waals surface area contributed by atoms with Crippen LogP contribution in [-0.4, -0.2) is 28.7 Å². The summed E-state index contributed by atoms with van der Waals surface area (Å²) < 4.78 is 0. The van der Waals surface area contributed by atoms with Crippen molar-refractivity contribution in [1.82, 2.24) is 0 Å². The zero-order chi connectivity index (χ0) is 13.1. The van der Waals surface area contributed by atoms with Crippen LogP contribution in [0.3, 0.4) is 0 Å². The van der Waals surface area contributed by atoms with E-state index in [9.17, 15) is 9.59 Å². The second-order valence-electron chi connectivity index (χ2n) is 3.03. The van der Waals surface area contributed by atoms with E-state index >= 15 is 0 Å². The van der Waals surface area contributed by atoms with Gasteiger partial charge in [0.05, 0.1) is 0 Å². The summed E-state index contributed by atoms with van der Waals surface area (Å²) in [7, 11) is 0. The Morgan fingerprint density at radius 1 is 1.06 bits per heavy atom. The molecule has 0 bridgehead atoms. The molecule has 0 unspecified atom stereocenters. The zero-order valence-corrected chi connectivity index (χ0v) is 9.24. The molecule has 0 saturated heterocycles. The minimum Gasteiger partial charge on any atom is -0.478 e. The number of carboxylic acid groups (broad SMARTS) is 2. The minimum absolute atomic E-state index is 0.558. The van der Waals surface area contributed by atoms with Gasteiger partial charge in [-0.3, -0.25) is 0 Å². The summed E-state index contributed by atoms with van der Waals surface area (Å²) in [5.74, 6) is -2.51. The molecule has 0 atom stereocenters. The molecule has 0 amide bonds. The smallest absolute Gasteiger partial charge is 0.328 e. The second-order valence-corrected chi connectivity index (χ2v) is 3.03. The van der Waals surface area contributed by atoms with Gasteiger partial charge in [0.15, 0.2) is 0 Å². The highest BCUT2D eigenvalue weighted by molar-refractivity contribution is 5.89. The van der Waals surface area contributed by atoms with E-state index in [1.165, 1.54) is 5.56 Å². The van der Waals surface area contributed by atoms with Gasteiger partial charge in [-0.05, 0) is 18.5 Å². The number of nitrogens with two attached hydrogens (primary N) is 1. The third-order valence-corrected chi connectivity index (χ3v) is 1.64. The molecule has 0 aromatic heterocycles. The topological polar surface area (TPSA) is 101 Å². The minimum atomic E-state index is -1.26. The molecule has 17 heavy (non-hydrogen) atoms. The van der Waals surface area contributed by atoms with Gasteiger partial charge in [0.25, 0.3) is 0 Å². The molecule has 0 saturated carbocycles. The van der Waals surface area contributed by atoms with Crippen molar-refractivity contribution in [1.29, 1.82) is 0 Å². The van der Waals surface area contributed by atoms with Gasteiger partial charge < -0.3 is 15.9 Å². The molecular weight excluding hydrogens is 222 g/mol. The average Bonchev–Trinajstić information content (AvgIpc) is 2.29. The molecule has 1 rings (SSSR count). The van der Waals surface area contributed by atoms with Gasteiger partial charge in [0.2, 0.25) is 0 Å². The van der Waals surface area contributed by atoms with Crippen molar-refractivity contribution < 1.29 is 19.8 Å². The maximum atomic E-state index is 9.55. The largest absolute Gasteiger partial charge is 0.478 e. The molecule has 0 aliphatic rings. The zero-order valence-electron chi connectivity index (χ0n) is 9.24. The monoisotopic (exact) mass is 237 g/mol. The summed E-state index contributed by atoms with van der Waals surface area (Å²) in [6.07, 6.45) is 2.10. The van der Waals surface area contributed by atoms with E-state index in [4.69, 9.17) is 15.9 Å². The number of aliphatic carboxylic acids is 2. The van der Waals surface area contributed by atoms with E-state index in [0.29, 0.717) is 12.2 Å². The highest BCUT2D eigenvalue weighted by Gasteiger charge is 1.88. The Hall–Kier alpha value is -2.14. The lowest BCUT2D eigenvalue weighted by Gasteiger charge is -1.93. The molecule has 0 aliphatic carbocycles. The van der Waals surface area contributed by atoms with Crippen LogP contribution in [0.25, 0.3) is 0 Å². The van der Waals surface area contributed by atoms with E-state index in [1.54, 1.807) is 0 Å². The number of rotatable bonds is 4. The summed E-state index contributed by atoms with van der Waals surface area (Å²) in [5.41, 5.74) is 6.68. The van der Waals surface area contributed by atoms with Crippen molar-refractivity contribution in [3.05, 3.63) is 48.0 Å². The van der Waals surface area contributed by atoms with E-state index in [2.05, 4.69) is 12.1 Å². The van der Waals surface area contributed by atoms with Crippen molar-refractivity contribution in [2.24, 2.45) is 5.73 Å². The molecule has 0 radical (unpaired) electrons. The lowest BCUT2D eigenvalue weighted by molar-refractivity contribution is -0.134. The van der Waals surface area contributed by atoms with E-state index in [-0.39, 0.29) is 0 Å². The number of carbonyl (C=O) groups is 2. The Labute approximate surface area is 99.2 Å². The van der Waals surface area contributed by atoms with Gasteiger partial charge in [-0.2, -0.15) is 0 Å². The van der Waals surface area contributed by atoms with Gasteiger partial charge >= 0.3 is 11.9 Å². The highest BCUT2D eigenvalue weighted by Crippen LogP contribution is 1.96. The van der Waals surface area contributed by atoms with Gasteiger partial charge in [-0.25, -0.2) is 9.59 Å². The van der Waals surface area contributed by atoms with Crippen molar-refractivity contribution in [2.75, 3.05) is 6.54 Å². The van der Waals surface area contributed by atoms with E-state index in [1.807, 2.05) is 18.2 Å². The summed E-state index contributed by atoms with van der Waals surface area (Å²) in [5, 5.41) is 15.6. The first-order valence-electron chi connectivity index (χ1n) is 4.94. The van der Waals surface area contributed by atoms with Crippen LogP contribution in [0.15, 0.2) is 42.5 Å². The van der Waals surface area contributed by atoms with Crippen LogP contribution in [0.4, 0.5) is 0 Å². The predicted octanol–water partition coefficient (Wildman–Crippen LogP) is 0.900. The number of hydrogen-bond donors (Lipinski definition) is 3. The molecule has 5 heteroatoms. The Bertz CT molecular complexity index is 357. The predicted molar refractivity (Wildman–Crippen MR) is 63.6 cm³/mol. The Kier molecular flexibility index (Phi) is 7.97. The maximum absolute atomic E-state index is 9.55. The normalized spacial score (nSPS) is 9.47.